The van der Waals surface area contributed by atoms with Gasteiger partial charge in [0.05, 0.1) is 23.0 Å². The lowest BCUT2D eigenvalue weighted by Crippen LogP contribution is -2.07. The van der Waals surface area contributed by atoms with Crippen LogP contribution in [0.3, 0.4) is 0 Å². The van der Waals surface area contributed by atoms with Crippen molar-refractivity contribution in [2.75, 3.05) is 5.32 Å². The molecule has 0 fully saturated rings. The molecular formula is C19H13ClFN5O. The van der Waals surface area contributed by atoms with E-state index in [1.807, 2.05) is 10.5 Å². The van der Waals surface area contributed by atoms with Crippen LogP contribution in [-0.2, 0) is 6.54 Å². The Morgan fingerprint density at radius 2 is 1.93 bits per heavy atom. The van der Waals surface area contributed by atoms with Crippen molar-refractivity contribution >= 4 is 29.5 Å². The maximum atomic E-state index is 13.3. The minimum atomic E-state index is -0.315. The zero-order valence-corrected chi connectivity index (χ0v) is 14.7. The van der Waals surface area contributed by atoms with E-state index in [-0.39, 0.29) is 11.5 Å². The monoisotopic (exact) mass is 381 g/mol. The molecule has 27 heavy (non-hydrogen) atoms. The molecule has 0 aliphatic heterocycles. The minimum absolute atomic E-state index is 0.285. The highest BCUT2D eigenvalue weighted by molar-refractivity contribution is 6.30. The summed E-state index contributed by atoms with van der Waals surface area (Å²) in [6.45, 7) is 0.330. The third-order valence-electron chi connectivity index (χ3n) is 4.01. The Balaban J connectivity index is 1.76. The third-order valence-corrected chi connectivity index (χ3v) is 4.23. The molecule has 0 atom stereocenters. The molecule has 3 heterocycles. The Bertz CT molecular complexity index is 1130. The number of carbonyl (C=O) groups is 1. The van der Waals surface area contributed by atoms with E-state index >= 15 is 0 Å². The number of benzene rings is 1. The van der Waals surface area contributed by atoms with Crippen LogP contribution in [-0.4, -0.2) is 25.6 Å². The smallest absolute Gasteiger partial charge is 0.223 e. The first-order chi connectivity index (χ1) is 13.1. The van der Waals surface area contributed by atoms with Gasteiger partial charge in [0.2, 0.25) is 5.95 Å². The topological polar surface area (TPSA) is 72.2 Å². The van der Waals surface area contributed by atoms with Crippen molar-refractivity contribution in [2.45, 2.75) is 6.54 Å². The molecule has 1 N–H and O–H groups in total. The minimum Gasteiger partial charge on any atom is -0.349 e. The molecule has 4 rings (SSSR count). The van der Waals surface area contributed by atoms with E-state index in [9.17, 15) is 9.18 Å². The number of nitrogens with one attached hydrogen (secondary N) is 1. The van der Waals surface area contributed by atoms with E-state index < -0.39 is 0 Å². The normalized spacial score (nSPS) is 10.9. The number of rotatable bonds is 5. The van der Waals surface area contributed by atoms with E-state index in [2.05, 4.69) is 20.3 Å². The maximum Gasteiger partial charge on any atom is 0.223 e. The summed E-state index contributed by atoms with van der Waals surface area (Å²) in [5, 5.41) is 3.66. The first-order valence-corrected chi connectivity index (χ1v) is 8.46. The Kier molecular flexibility index (Phi) is 4.52. The van der Waals surface area contributed by atoms with Gasteiger partial charge in [-0.1, -0.05) is 11.6 Å². The number of nitrogens with zero attached hydrogens (tertiary/aromatic N) is 4. The van der Waals surface area contributed by atoms with Crippen molar-refractivity contribution in [3.05, 3.63) is 77.1 Å². The number of aromatic nitrogens is 4. The van der Waals surface area contributed by atoms with E-state index in [1.54, 1.807) is 24.4 Å². The van der Waals surface area contributed by atoms with Gasteiger partial charge < -0.3 is 9.72 Å². The van der Waals surface area contributed by atoms with Crippen molar-refractivity contribution in [1.82, 2.24) is 19.4 Å². The van der Waals surface area contributed by atoms with Crippen molar-refractivity contribution in [1.29, 1.82) is 0 Å². The van der Waals surface area contributed by atoms with Gasteiger partial charge in [-0.25, -0.2) is 19.3 Å². The van der Waals surface area contributed by atoms with Crippen LogP contribution in [0.5, 0.6) is 0 Å². The lowest BCUT2D eigenvalue weighted by molar-refractivity contribution is 0.111. The molecule has 134 valence electrons. The van der Waals surface area contributed by atoms with Gasteiger partial charge >= 0.3 is 0 Å². The fraction of sp³-hybridized carbons (Fsp3) is 0.0526. The van der Waals surface area contributed by atoms with Crippen LogP contribution in [0, 0.1) is 5.82 Å². The van der Waals surface area contributed by atoms with Crippen LogP contribution in [0.2, 0.25) is 5.02 Å². The second kappa shape index (κ2) is 7.13. The molecule has 0 unspecified atom stereocenters. The molecule has 0 aliphatic rings. The predicted molar refractivity (Wildman–Crippen MR) is 100 cm³/mol. The summed E-state index contributed by atoms with van der Waals surface area (Å²) < 4.78 is 15.2. The average molecular weight is 382 g/mol. The molecule has 0 aliphatic carbocycles. The van der Waals surface area contributed by atoms with Crippen molar-refractivity contribution in [2.24, 2.45) is 0 Å². The van der Waals surface area contributed by atoms with Crippen molar-refractivity contribution in [3.63, 3.8) is 0 Å². The van der Waals surface area contributed by atoms with Gasteiger partial charge in [0, 0.05) is 18.0 Å². The Labute approximate surface area is 158 Å². The highest BCUT2D eigenvalue weighted by atomic mass is 35.5. The number of hydrogen-bond acceptors (Lipinski definition) is 5. The molecule has 0 saturated carbocycles. The van der Waals surface area contributed by atoms with Crippen molar-refractivity contribution in [3.8, 4) is 11.3 Å². The van der Waals surface area contributed by atoms with Crippen LogP contribution in [0.4, 0.5) is 10.3 Å². The second-order valence-electron chi connectivity index (χ2n) is 5.77. The van der Waals surface area contributed by atoms with Crippen LogP contribution in [0.15, 0.2) is 54.9 Å². The summed E-state index contributed by atoms with van der Waals surface area (Å²) in [6.07, 6.45) is 3.92. The summed E-state index contributed by atoms with van der Waals surface area (Å²) in [7, 11) is 0. The maximum absolute atomic E-state index is 13.3. The number of aldehydes is 1. The fourth-order valence-corrected chi connectivity index (χ4v) is 2.92. The number of carbonyl (C=O) groups excluding carboxylic acids is 1. The van der Waals surface area contributed by atoms with E-state index in [0.29, 0.717) is 35.1 Å². The van der Waals surface area contributed by atoms with E-state index in [4.69, 9.17) is 11.6 Å². The summed E-state index contributed by atoms with van der Waals surface area (Å²) in [5.41, 5.74) is 3.26. The lowest BCUT2D eigenvalue weighted by Gasteiger charge is -2.08. The van der Waals surface area contributed by atoms with Gasteiger partial charge in [0.15, 0.2) is 6.29 Å². The summed E-state index contributed by atoms with van der Waals surface area (Å²) >= 11 is 6.14. The van der Waals surface area contributed by atoms with Gasteiger partial charge in [0.25, 0.3) is 0 Å². The number of fused-ring (bicyclic) bond motifs is 1. The van der Waals surface area contributed by atoms with E-state index in [0.717, 1.165) is 11.3 Å². The molecule has 3 aromatic heterocycles. The van der Waals surface area contributed by atoms with E-state index in [1.165, 1.54) is 24.4 Å². The van der Waals surface area contributed by atoms with Gasteiger partial charge in [-0.15, -0.1) is 0 Å². The Morgan fingerprint density at radius 1 is 1.11 bits per heavy atom. The average Bonchev–Trinajstić information content (AvgIpc) is 3.04. The zero-order chi connectivity index (χ0) is 18.8. The Hall–Kier alpha value is -3.32. The SMILES string of the molecule is O=Cc1ccnc(NCc2c(-c3ccc(F)cc3)nc3ccc(Cl)cn23)n1. The summed E-state index contributed by atoms with van der Waals surface area (Å²) in [4.78, 5) is 23.8. The number of pyridine rings is 1. The Morgan fingerprint density at radius 3 is 2.70 bits per heavy atom. The number of imidazole rings is 1. The largest absolute Gasteiger partial charge is 0.349 e. The molecule has 0 amide bonds. The fourth-order valence-electron chi connectivity index (χ4n) is 2.76. The van der Waals surface area contributed by atoms with Crippen LogP contribution >= 0.6 is 11.6 Å². The van der Waals surface area contributed by atoms with Crippen LogP contribution in [0.1, 0.15) is 16.2 Å². The summed E-state index contributed by atoms with van der Waals surface area (Å²) in [6, 6.07) is 11.2. The van der Waals surface area contributed by atoms with Crippen LogP contribution in [0.25, 0.3) is 16.9 Å². The summed E-state index contributed by atoms with van der Waals surface area (Å²) in [5.74, 6) is 0.00551. The molecule has 0 bridgehead atoms. The standard InChI is InChI=1S/C19H13ClFN5O/c20-13-3-6-17-25-18(12-1-4-14(21)5-2-12)16(26(17)10-13)9-23-19-22-8-7-15(11-27)24-19/h1-8,10-11H,9H2,(H,22,23,24). The first kappa shape index (κ1) is 17.1. The molecule has 1 aromatic carbocycles. The second-order valence-corrected chi connectivity index (χ2v) is 6.20. The van der Waals surface area contributed by atoms with Gasteiger partial charge in [-0.3, -0.25) is 4.79 Å². The third kappa shape index (κ3) is 3.50. The molecule has 8 heteroatoms. The van der Waals surface area contributed by atoms with Gasteiger partial charge in [-0.2, -0.15) is 0 Å². The lowest BCUT2D eigenvalue weighted by atomic mass is 10.1. The van der Waals surface area contributed by atoms with Crippen molar-refractivity contribution < 1.29 is 9.18 Å². The molecule has 6 nitrogen and oxygen atoms in total. The molecule has 4 aromatic rings. The number of hydrogen-bond donors (Lipinski definition) is 1. The highest BCUT2D eigenvalue weighted by Gasteiger charge is 2.15. The molecular weight excluding hydrogens is 369 g/mol. The van der Waals surface area contributed by atoms with Gasteiger partial charge in [-0.05, 0) is 42.5 Å². The molecule has 0 saturated heterocycles. The number of halogens is 2. The predicted octanol–water partition coefficient (Wildman–Crippen LogP) is 4.01. The molecule has 0 spiro atoms. The quantitative estimate of drug-likeness (QED) is 0.529. The number of anilines is 1. The highest BCUT2D eigenvalue weighted by Crippen LogP contribution is 2.26. The zero-order valence-electron chi connectivity index (χ0n) is 13.9. The van der Waals surface area contributed by atoms with Gasteiger partial charge in [0.1, 0.15) is 17.2 Å². The first-order valence-electron chi connectivity index (χ1n) is 8.08. The molecule has 0 radical (unpaired) electrons. The van der Waals surface area contributed by atoms with Crippen LogP contribution < -0.4 is 5.32 Å².